The Balaban J connectivity index is 0.00000300. The van der Waals surface area contributed by atoms with Crippen LogP contribution in [0.25, 0.3) is 0 Å². The van der Waals surface area contributed by atoms with Gasteiger partial charge in [0.1, 0.15) is 5.75 Å². The van der Waals surface area contributed by atoms with Crippen molar-refractivity contribution >= 4 is 35.9 Å². The molecule has 0 bridgehead atoms. The van der Waals surface area contributed by atoms with Crippen LogP contribution in [0.5, 0.6) is 5.75 Å². The summed E-state index contributed by atoms with van der Waals surface area (Å²) < 4.78 is 5.72. The summed E-state index contributed by atoms with van der Waals surface area (Å²) in [6, 6.07) is 10.1. The van der Waals surface area contributed by atoms with Crippen LogP contribution in [0, 0.1) is 0 Å². The van der Waals surface area contributed by atoms with Crippen molar-refractivity contribution in [2.75, 3.05) is 50.8 Å². The lowest BCUT2D eigenvalue weighted by molar-refractivity contribution is 0.336. The van der Waals surface area contributed by atoms with Gasteiger partial charge in [-0.1, -0.05) is 18.2 Å². The first-order chi connectivity index (χ1) is 13.8. The molecule has 0 spiro atoms. The summed E-state index contributed by atoms with van der Waals surface area (Å²) in [7, 11) is 0. The Morgan fingerprint density at radius 3 is 2.48 bits per heavy atom. The second-order valence-corrected chi connectivity index (χ2v) is 6.55. The lowest BCUT2D eigenvalue weighted by Gasteiger charge is -2.36. The SMILES string of the molecule is CCNC(=NCCc1ccccc1OCC)N1CCN(c2ncccn2)CC1.I. The number of aliphatic imine (C=N–C) groups is 1. The molecule has 0 saturated carbocycles. The average molecular weight is 510 g/mol. The zero-order valence-corrected chi connectivity index (χ0v) is 19.6. The predicted molar refractivity (Wildman–Crippen MR) is 129 cm³/mol. The normalized spacial score (nSPS) is 14.3. The van der Waals surface area contributed by atoms with Crippen molar-refractivity contribution in [3.8, 4) is 5.75 Å². The molecule has 1 aliphatic rings. The molecule has 8 heteroatoms. The molecule has 1 aliphatic heterocycles. The summed E-state index contributed by atoms with van der Waals surface area (Å²) in [5, 5.41) is 3.43. The van der Waals surface area contributed by atoms with Crippen molar-refractivity contribution in [1.29, 1.82) is 0 Å². The maximum atomic E-state index is 5.72. The van der Waals surface area contributed by atoms with E-state index in [2.05, 4.69) is 44.1 Å². The minimum atomic E-state index is 0. The number of nitrogens with one attached hydrogen (secondary N) is 1. The van der Waals surface area contributed by atoms with Gasteiger partial charge in [-0.25, -0.2) is 9.97 Å². The van der Waals surface area contributed by atoms with E-state index in [0.29, 0.717) is 6.61 Å². The van der Waals surface area contributed by atoms with Crippen molar-refractivity contribution < 1.29 is 4.74 Å². The van der Waals surface area contributed by atoms with Crippen LogP contribution in [0.2, 0.25) is 0 Å². The molecule has 2 heterocycles. The van der Waals surface area contributed by atoms with E-state index >= 15 is 0 Å². The Hall–Kier alpha value is -2.10. The van der Waals surface area contributed by atoms with E-state index in [1.54, 1.807) is 12.4 Å². The van der Waals surface area contributed by atoms with Gasteiger partial charge in [0, 0.05) is 51.7 Å². The lowest BCUT2D eigenvalue weighted by Crippen LogP contribution is -2.53. The van der Waals surface area contributed by atoms with Gasteiger partial charge in [0.2, 0.25) is 5.95 Å². The second-order valence-electron chi connectivity index (χ2n) is 6.55. The van der Waals surface area contributed by atoms with Gasteiger partial charge in [-0.15, -0.1) is 24.0 Å². The van der Waals surface area contributed by atoms with Crippen LogP contribution >= 0.6 is 24.0 Å². The predicted octanol–water partition coefficient (Wildman–Crippen LogP) is 2.82. The molecule has 7 nitrogen and oxygen atoms in total. The molecule has 1 saturated heterocycles. The summed E-state index contributed by atoms with van der Waals surface area (Å²) >= 11 is 0. The molecular weight excluding hydrogens is 479 g/mol. The van der Waals surface area contributed by atoms with E-state index in [1.807, 2.05) is 25.1 Å². The number of benzene rings is 1. The minimum absolute atomic E-state index is 0. The van der Waals surface area contributed by atoms with Crippen LogP contribution < -0.4 is 15.0 Å². The molecule has 3 rings (SSSR count). The third kappa shape index (κ3) is 6.73. The highest BCUT2D eigenvalue weighted by Gasteiger charge is 2.21. The Kier molecular flexibility index (Phi) is 9.96. The molecule has 0 atom stereocenters. The van der Waals surface area contributed by atoms with Crippen molar-refractivity contribution in [2.45, 2.75) is 20.3 Å². The number of hydrogen-bond donors (Lipinski definition) is 1. The fraction of sp³-hybridized carbons (Fsp3) is 0.476. The summed E-state index contributed by atoms with van der Waals surface area (Å²) in [5.74, 6) is 2.74. The monoisotopic (exact) mass is 510 g/mol. The number of aromatic nitrogens is 2. The zero-order valence-electron chi connectivity index (χ0n) is 17.3. The number of piperazine rings is 1. The summed E-state index contributed by atoms with van der Waals surface area (Å²) in [5.41, 5.74) is 1.20. The maximum Gasteiger partial charge on any atom is 0.225 e. The van der Waals surface area contributed by atoms with Gasteiger partial charge in [0.25, 0.3) is 0 Å². The zero-order chi connectivity index (χ0) is 19.6. The molecule has 0 amide bonds. The summed E-state index contributed by atoms with van der Waals surface area (Å²) in [6.07, 6.45) is 4.45. The van der Waals surface area contributed by atoms with E-state index < -0.39 is 0 Å². The molecule has 1 aromatic carbocycles. The summed E-state index contributed by atoms with van der Waals surface area (Å²) in [6.45, 7) is 9.97. The Bertz CT molecular complexity index is 750. The third-order valence-electron chi connectivity index (χ3n) is 4.66. The first kappa shape index (κ1) is 23.2. The van der Waals surface area contributed by atoms with Gasteiger partial charge >= 0.3 is 0 Å². The van der Waals surface area contributed by atoms with Gasteiger partial charge in [-0.05, 0) is 38.0 Å². The third-order valence-corrected chi connectivity index (χ3v) is 4.66. The fourth-order valence-electron chi connectivity index (χ4n) is 3.29. The van der Waals surface area contributed by atoms with E-state index in [9.17, 15) is 0 Å². The van der Waals surface area contributed by atoms with Crippen molar-refractivity contribution in [1.82, 2.24) is 20.2 Å². The first-order valence-corrected chi connectivity index (χ1v) is 10.1. The highest BCUT2D eigenvalue weighted by molar-refractivity contribution is 14.0. The molecule has 1 fully saturated rings. The standard InChI is InChI=1S/C21H30N6O.HI/c1-3-22-20(25-13-10-18-8-5-6-9-19(18)28-4-2)26-14-16-27(17-15-26)21-23-11-7-12-24-21;/h5-9,11-12H,3-4,10,13-17H2,1-2H3,(H,22,25);1H. The fourth-order valence-corrected chi connectivity index (χ4v) is 3.29. The van der Waals surface area contributed by atoms with Crippen LogP contribution in [0.1, 0.15) is 19.4 Å². The Morgan fingerprint density at radius 2 is 1.79 bits per heavy atom. The highest BCUT2D eigenvalue weighted by Crippen LogP contribution is 2.18. The maximum absolute atomic E-state index is 5.72. The molecule has 0 unspecified atom stereocenters. The van der Waals surface area contributed by atoms with Crippen LogP contribution in [0.15, 0.2) is 47.7 Å². The van der Waals surface area contributed by atoms with E-state index in [-0.39, 0.29) is 24.0 Å². The molecule has 1 aromatic heterocycles. The number of halogens is 1. The van der Waals surface area contributed by atoms with Gasteiger partial charge in [0.05, 0.1) is 6.61 Å². The van der Waals surface area contributed by atoms with Crippen molar-refractivity contribution in [3.05, 3.63) is 48.3 Å². The van der Waals surface area contributed by atoms with E-state index in [4.69, 9.17) is 9.73 Å². The molecule has 0 radical (unpaired) electrons. The minimum Gasteiger partial charge on any atom is -0.494 e. The van der Waals surface area contributed by atoms with Crippen LogP contribution in [0.4, 0.5) is 5.95 Å². The molecule has 1 N–H and O–H groups in total. The van der Waals surface area contributed by atoms with Crippen LogP contribution in [-0.2, 0) is 6.42 Å². The highest BCUT2D eigenvalue weighted by atomic mass is 127. The van der Waals surface area contributed by atoms with Crippen LogP contribution in [-0.4, -0.2) is 66.7 Å². The molecule has 29 heavy (non-hydrogen) atoms. The number of ether oxygens (including phenoxy) is 1. The Morgan fingerprint density at radius 1 is 1.07 bits per heavy atom. The molecular formula is C21H31IN6O. The summed E-state index contributed by atoms with van der Waals surface area (Å²) in [4.78, 5) is 18.1. The number of para-hydroxylation sites is 1. The average Bonchev–Trinajstić information content (AvgIpc) is 2.75. The van der Waals surface area contributed by atoms with Crippen LogP contribution in [0.3, 0.4) is 0 Å². The largest absolute Gasteiger partial charge is 0.494 e. The van der Waals surface area contributed by atoms with Crippen molar-refractivity contribution in [2.24, 2.45) is 4.99 Å². The topological polar surface area (TPSA) is 65.9 Å². The van der Waals surface area contributed by atoms with Gasteiger partial charge in [-0.2, -0.15) is 0 Å². The molecule has 158 valence electrons. The number of nitrogens with zero attached hydrogens (tertiary/aromatic N) is 5. The van der Waals surface area contributed by atoms with E-state index in [1.165, 1.54) is 5.56 Å². The van der Waals surface area contributed by atoms with Gasteiger partial charge < -0.3 is 19.9 Å². The number of guanidine groups is 1. The van der Waals surface area contributed by atoms with Crippen molar-refractivity contribution in [3.63, 3.8) is 0 Å². The number of rotatable bonds is 7. The smallest absolute Gasteiger partial charge is 0.225 e. The Labute approximate surface area is 190 Å². The van der Waals surface area contributed by atoms with E-state index in [0.717, 1.165) is 63.3 Å². The number of hydrogen-bond acceptors (Lipinski definition) is 5. The second kappa shape index (κ2) is 12.5. The quantitative estimate of drug-likeness (QED) is 0.351. The molecule has 2 aromatic rings. The number of anilines is 1. The first-order valence-electron chi connectivity index (χ1n) is 10.1. The molecule has 0 aliphatic carbocycles. The van der Waals surface area contributed by atoms with Gasteiger partial charge in [-0.3, -0.25) is 4.99 Å². The lowest BCUT2D eigenvalue weighted by atomic mass is 10.1. The van der Waals surface area contributed by atoms with Gasteiger partial charge in [0.15, 0.2) is 5.96 Å².